The Morgan fingerprint density at radius 1 is 0.857 bits per heavy atom. The van der Waals surface area contributed by atoms with Crippen LogP contribution >= 0.6 is 0 Å². The average molecular weight is 298 g/mol. The zero-order chi connectivity index (χ0) is 15.9. The summed E-state index contributed by atoms with van der Waals surface area (Å²) in [5, 5.41) is 0. The summed E-state index contributed by atoms with van der Waals surface area (Å²) in [6, 6.07) is 0.789. The van der Waals surface area contributed by atoms with E-state index in [1.54, 1.807) is 0 Å². The third-order valence-corrected chi connectivity index (χ3v) is 3.07. The molecule has 0 bridgehead atoms. The fourth-order valence-corrected chi connectivity index (χ4v) is 1.98. The van der Waals surface area contributed by atoms with E-state index in [4.69, 9.17) is 12.6 Å². The minimum atomic E-state index is -1.35. The Balaban J connectivity index is 2.92. The quantitative estimate of drug-likeness (QED) is 0.611. The van der Waals surface area contributed by atoms with Gasteiger partial charge in [0.05, 0.1) is 18.2 Å². The van der Waals surface area contributed by atoms with Crippen molar-refractivity contribution in [3.05, 3.63) is 46.8 Å². The van der Waals surface area contributed by atoms with Crippen LogP contribution in [0.25, 0.3) is 11.1 Å². The van der Waals surface area contributed by atoms with Crippen molar-refractivity contribution in [3.63, 3.8) is 0 Å². The van der Waals surface area contributed by atoms with Crippen molar-refractivity contribution in [3.8, 4) is 16.9 Å². The molecular formula is C14H8BF5O. The van der Waals surface area contributed by atoms with E-state index < -0.39 is 57.0 Å². The van der Waals surface area contributed by atoms with Crippen molar-refractivity contribution >= 4 is 13.3 Å². The SMILES string of the molecule is [B]c1c(F)cc(F)c(-c2c(F)cc(F)c(C)c2F)c1OC. The second kappa shape index (κ2) is 5.39. The van der Waals surface area contributed by atoms with Crippen LogP contribution in [0.2, 0.25) is 0 Å². The van der Waals surface area contributed by atoms with E-state index in [9.17, 15) is 22.0 Å². The van der Waals surface area contributed by atoms with Gasteiger partial charge in [0.1, 0.15) is 42.7 Å². The number of hydrogen-bond donors (Lipinski definition) is 0. The van der Waals surface area contributed by atoms with Crippen LogP contribution in [0, 0.1) is 36.0 Å². The first-order valence-corrected chi connectivity index (χ1v) is 5.75. The van der Waals surface area contributed by atoms with Gasteiger partial charge in [0, 0.05) is 17.7 Å². The van der Waals surface area contributed by atoms with Gasteiger partial charge < -0.3 is 4.74 Å². The van der Waals surface area contributed by atoms with Crippen LogP contribution < -0.4 is 10.2 Å². The molecule has 108 valence electrons. The zero-order valence-electron chi connectivity index (χ0n) is 11.0. The Kier molecular flexibility index (Phi) is 3.94. The maximum atomic E-state index is 14.1. The smallest absolute Gasteiger partial charge is 0.140 e. The van der Waals surface area contributed by atoms with Crippen LogP contribution in [0.15, 0.2) is 12.1 Å². The van der Waals surface area contributed by atoms with Gasteiger partial charge in [-0.25, -0.2) is 22.0 Å². The molecule has 0 atom stereocenters. The summed E-state index contributed by atoms with van der Waals surface area (Å²) in [5.41, 5.74) is -2.67. The highest BCUT2D eigenvalue weighted by molar-refractivity contribution is 6.35. The Hall–Kier alpha value is -2.05. The predicted octanol–water partition coefficient (Wildman–Crippen LogP) is 3.16. The third kappa shape index (κ3) is 2.37. The highest BCUT2D eigenvalue weighted by atomic mass is 19.2. The first-order chi connectivity index (χ1) is 9.79. The maximum Gasteiger partial charge on any atom is 0.140 e. The van der Waals surface area contributed by atoms with Crippen molar-refractivity contribution in [2.45, 2.75) is 6.92 Å². The van der Waals surface area contributed by atoms with Crippen molar-refractivity contribution in [2.24, 2.45) is 0 Å². The molecule has 0 amide bonds. The predicted molar refractivity (Wildman–Crippen MR) is 68.3 cm³/mol. The molecule has 2 radical (unpaired) electrons. The molecule has 0 aromatic heterocycles. The van der Waals surface area contributed by atoms with E-state index in [0.717, 1.165) is 14.0 Å². The molecule has 0 aliphatic rings. The standard InChI is InChI=1S/C14H8BF5O/c1-5-6(16)3-7(17)10(13(5)20)11-8(18)4-9(19)12(15)14(11)21-2/h3-4H,1-2H3. The van der Waals surface area contributed by atoms with Gasteiger partial charge >= 0.3 is 0 Å². The molecule has 2 aromatic carbocycles. The average Bonchev–Trinajstić information content (AvgIpc) is 2.42. The summed E-state index contributed by atoms with van der Waals surface area (Å²) in [4.78, 5) is 0. The first-order valence-electron chi connectivity index (χ1n) is 5.75. The lowest BCUT2D eigenvalue weighted by Crippen LogP contribution is -2.16. The van der Waals surface area contributed by atoms with Crippen LogP contribution in [0.3, 0.4) is 0 Å². The Labute approximate surface area is 118 Å². The van der Waals surface area contributed by atoms with Gasteiger partial charge in [-0.3, -0.25) is 0 Å². The minimum Gasteiger partial charge on any atom is -0.497 e. The topological polar surface area (TPSA) is 9.23 Å². The number of hydrogen-bond acceptors (Lipinski definition) is 1. The van der Waals surface area contributed by atoms with Crippen LogP contribution in [0.1, 0.15) is 5.56 Å². The van der Waals surface area contributed by atoms with E-state index >= 15 is 0 Å². The van der Waals surface area contributed by atoms with E-state index in [2.05, 4.69) is 0 Å². The number of methoxy groups -OCH3 is 1. The van der Waals surface area contributed by atoms with Gasteiger partial charge in [0.15, 0.2) is 0 Å². The van der Waals surface area contributed by atoms with Crippen LogP contribution in [-0.2, 0) is 0 Å². The molecule has 7 heteroatoms. The number of ether oxygens (including phenoxy) is 1. The van der Waals surface area contributed by atoms with Gasteiger partial charge in [-0.2, -0.15) is 0 Å². The lowest BCUT2D eigenvalue weighted by Gasteiger charge is -2.16. The molecule has 2 rings (SSSR count). The number of rotatable bonds is 2. The van der Waals surface area contributed by atoms with Gasteiger partial charge in [0.25, 0.3) is 0 Å². The Bertz CT molecular complexity index is 730. The minimum absolute atomic E-state index is 0.380. The van der Waals surface area contributed by atoms with E-state index in [-0.39, 0.29) is 0 Å². The van der Waals surface area contributed by atoms with Gasteiger partial charge in [0.2, 0.25) is 0 Å². The van der Waals surface area contributed by atoms with Crippen LogP contribution in [0.5, 0.6) is 5.75 Å². The summed E-state index contributed by atoms with van der Waals surface area (Å²) in [6.07, 6.45) is 0. The molecule has 0 fully saturated rings. The highest BCUT2D eigenvalue weighted by Gasteiger charge is 2.25. The van der Waals surface area contributed by atoms with Crippen molar-refractivity contribution in [1.29, 1.82) is 0 Å². The van der Waals surface area contributed by atoms with Crippen molar-refractivity contribution in [1.82, 2.24) is 0 Å². The molecule has 0 unspecified atom stereocenters. The van der Waals surface area contributed by atoms with E-state index in [1.165, 1.54) is 0 Å². The van der Waals surface area contributed by atoms with Gasteiger partial charge in [-0.05, 0) is 12.4 Å². The molecule has 0 saturated heterocycles. The largest absolute Gasteiger partial charge is 0.497 e. The summed E-state index contributed by atoms with van der Waals surface area (Å²) in [6.45, 7) is 1.06. The normalized spacial score (nSPS) is 10.8. The fraction of sp³-hybridized carbons (Fsp3) is 0.143. The molecule has 0 heterocycles. The lowest BCUT2D eigenvalue weighted by atomic mass is 9.88. The van der Waals surface area contributed by atoms with Crippen molar-refractivity contribution < 1.29 is 26.7 Å². The second-order valence-electron chi connectivity index (χ2n) is 4.32. The molecule has 0 N–H and O–H groups in total. The molecule has 21 heavy (non-hydrogen) atoms. The second-order valence-corrected chi connectivity index (χ2v) is 4.32. The number of benzene rings is 2. The molecule has 0 aliphatic heterocycles. The number of halogens is 5. The lowest BCUT2D eigenvalue weighted by molar-refractivity contribution is 0.412. The Morgan fingerprint density at radius 3 is 1.95 bits per heavy atom. The third-order valence-electron chi connectivity index (χ3n) is 3.07. The van der Waals surface area contributed by atoms with Crippen LogP contribution in [-0.4, -0.2) is 15.0 Å². The van der Waals surface area contributed by atoms with Crippen LogP contribution in [0.4, 0.5) is 22.0 Å². The molecular weight excluding hydrogens is 290 g/mol. The van der Waals surface area contributed by atoms with E-state index in [0.29, 0.717) is 12.1 Å². The zero-order valence-corrected chi connectivity index (χ0v) is 11.0. The highest BCUT2D eigenvalue weighted by Crippen LogP contribution is 2.37. The van der Waals surface area contributed by atoms with Gasteiger partial charge in [-0.15, -0.1) is 0 Å². The first kappa shape index (κ1) is 15.3. The molecule has 0 aliphatic carbocycles. The summed E-state index contributed by atoms with van der Waals surface area (Å²) >= 11 is 0. The molecule has 0 saturated carbocycles. The summed E-state index contributed by atoms with van der Waals surface area (Å²) in [5.74, 6) is -6.75. The van der Waals surface area contributed by atoms with Crippen molar-refractivity contribution in [2.75, 3.05) is 7.11 Å². The monoisotopic (exact) mass is 298 g/mol. The fourth-order valence-electron chi connectivity index (χ4n) is 1.98. The maximum absolute atomic E-state index is 14.1. The molecule has 2 aromatic rings. The summed E-state index contributed by atoms with van der Waals surface area (Å²) in [7, 11) is 6.42. The molecule has 0 spiro atoms. The Morgan fingerprint density at radius 2 is 1.38 bits per heavy atom. The molecule has 1 nitrogen and oxygen atoms in total. The van der Waals surface area contributed by atoms with Gasteiger partial charge in [-0.1, -0.05) is 0 Å². The summed E-state index contributed by atoms with van der Waals surface area (Å²) < 4.78 is 73.3. The van der Waals surface area contributed by atoms with E-state index in [1.807, 2.05) is 0 Å².